The summed E-state index contributed by atoms with van der Waals surface area (Å²) >= 11 is 0. The highest BCUT2D eigenvalue weighted by atomic mass is 16.3. The molecule has 0 fully saturated rings. The molecule has 0 atom stereocenters. The third kappa shape index (κ3) is 1.52. The second-order valence-corrected chi connectivity index (χ2v) is 3.58. The van der Waals surface area contributed by atoms with Crippen molar-refractivity contribution in [2.24, 2.45) is 0 Å². The van der Waals surface area contributed by atoms with Crippen LogP contribution in [-0.2, 0) is 6.42 Å². The molecule has 0 aliphatic carbocycles. The number of fused-ring (bicyclic) bond motifs is 1. The lowest BCUT2D eigenvalue weighted by molar-refractivity contribution is 0.0941. The van der Waals surface area contributed by atoms with E-state index >= 15 is 0 Å². The molecule has 0 saturated heterocycles. The number of aromatic hydroxyl groups is 1. The van der Waals surface area contributed by atoms with Crippen molar-refractivity contribution in [2.45, 2.75) is 13.3 Å². The Balaban J connectivity index is 2.77. The maximum atomic E-state index is 11.4. The number of aromatic nitrogens is 1. The van der Waals surface area contributed by atoms with Crippen molar-refractivity contribution >= 4 is 16.8 Å². The van der Waals surface area contributed by atoms with E-state index in [0.717, 1.165) is 10.9 Å². The standard InChI is InChI=1S/C12H10N2O2/c1-8(15)14-7-9(4-5-13)11-3-2-10(16)6-12(11)14/h2-3,6-7,16H,4H2,1H3. The third-order valence-electron chi connectivity index (χ3n) is 2.48. The van der Waals surface area contributed by atoms with Crippen LogP contribution in [0.15, 0.2) is 24.4 Å². The number of carbonyl (C=O) groups is 1. The molecular formula is C12H10N2O2. The number of carbonyl (C=O) groups excluding carboxylic acids is 1. The van der Waals surface area contributed by atoms with Crippen molar-refractivity contribution < 1.29 is 9.90 Å². The van der Waals surface area contributed by atoms with E-state index in [1.807, 2.05) is 0 Å². The largest absolute Gasteiger partial charge is 0.508 e. The normalized spacial score (nSPS) is 10.2. The van der Waals surface area contributed by atoms with Gasteiger partial charge in [-0.2, -0.15) is 5.26 Å². The zero-order valence-electron chi connectivity index (χ0n) is 8.77. The number of rotatable bonds is 1. The Hall–Kier alpha value is -2.28. The van der Waals surface area contributed by atoms with Crippen LogP contribution in [0.5, 0.6) is 5.75 Å². The Morgan fingerprint density at radius 3 is 2.94 bits per heavy atom. The smallest absolute Gasteiger partial charge is 0.227 e. The van der Waals surface area contributed by atoms with E-state index < -0.39 is 0 Å². The third-order valence-corrected chi connectivity index (χ3v) is 2.48. The lowest BCUT2D eigenvalue weighted by atomic mass is 10.1. The molecule has 1 aromatic heterocycles. The second kappa shape index (κ2) is 3.70. The first kappa shape index (κ1) is 10.2. The number of benzene rings is 1. The fraction of sp³-hybridized carbons (Fsp3) is 0.167. The number of nitrogens with zero attached hydrogens (tertiary/aromatic N) is 2. The summed E-state index contributed by atoms with van der Waals surface area (Å²) in [5.74, 6) is -0.0311. The molecule has 0 saturated carbocycles. The summed E-state index contributed by atoms with van der Waals surface area (Å²) in [4.78, 5) is 11.4. The fourth-order valence-electron chi connectivity index (χ4n) is 1.77. The maximum Gasteiger partial charge on any atom is 0.227 e. The van der Waals surface area contributed by atoms with E-state index in [1.165, 1.54) is 17.6 Å². The molecule has 1 N–H and O–H groups in total. The van der Waals surface area contributed by atoms with Crippen LogP contribution in [0, 0.1) is 11.3 Å². The van der Waals surface area contributed by atoms with Crippen LogP contribution in [-0.4, -0.2) is 15.6 Å². The molecule has 1 aromatic carbocycles. The minimum atomic E-state index is -0.139. The van der Waals surface area contributed by atoms with E-state index in [-0.39, 0.29) is 18.1 Å². The van der Waals surface area contributed by atoms with Gasteiger partial charge in [0.2, 0.25) is 5.91 Å². The van der Waals surface area contributed by atoms with Gasteiger partial charge in [0.05, 0.1) is 18.0 Å². The lowest BCUT2D eigenvalue weighted by Crippen LogP contribution is -2.02. The maximum absolute atomic E-state index is 11.4. The van der Waals surface area contributed by atoms with Crippen molar-refractivity contribution in [3.8, 4) is 11.8 Å². The minimum Gasteiger partial charge on any atom is -0.508 e. The highest BCUT2D eigenvalue weighted by molar-refractivity contribution is 5.94. The van der Waals surface area contributed by atoms with Crippen LogP contribution in [0.3, 0.4) is 0 Å². The van der Waals surface area contributed by atoms with Gasteiger partial charge in [-0.1, -0.05) is 0 Å². The van der Waals surface area contributed by atoms with Gasteiger partial charge in [-0.15, -0.1) is 0 Å². The summed E-state index contributed by atoms with van der Waals surface area (Å²) in [6, 6.07) is 6.85. The van der Waals surface area contributed by atoms with Crippen molar-refractivity contribution in [3.63, 3.8) is 0 Å². The quantitative estimate of drug-likeness (QED) is 0.790. The van der Waals surface area contributed by atoms with Crippen LogP contribution < -0.4 is 0 Å². The van der Waals surface area contributed by atoms with Gasteiger partial charge in [-0.05, 0) is 17.7 Å². The first-order valence-electron chi connectivity index (χ1n) is 4.84. The van der Waals surface area contributed by atoms with Crippen LogP contribution in [0.25, 0.3) is 10.9 Å². The summed E-state index contributed by atoms with van der Waals surface area (Å²) in [5.41, 5.74) is 1.44. The van der Waals surface area contributed by atoms with E-state index in [1.54, 1.807) is 18.3 Å². The summed E-state index contributed by atoms with van der Waals surface area (Å²) in [7, 11) is 0. The van der Waals surface area contributed by atoms with Crippen LogP contribution in [0.1, 0.15) is 17.3 Å². The molecule has 0 spiro atoms. The average molecular weight is 214 g/mol. The summed E-state index contributed by atoms with van der Waals surface area (Å²) in [6.07, 6.45) is 1.90. The summed E-state index contributed by atoms with van der Waals surface area (Å²) < 4.78 is 1.45. The number of nitriles is 1. The van der Waals surface area contributed by atoms with Gasteiger partial charge >= 0.3 is 0 Å². The Morgan fingerprint density at radius 1 is 1.56 bits per heavy atom. The van der Waals surface area contributed by atoms with Gasteiger partial charge in [0, 0.05) is 24.6 Å². The van der Waals surface area contributed by atoms with Crippen molar-refractivity contribution in [3.05, 3.63) is 30.0 Å². The number of hydrogen-bond acceptors (Lipinski definition) is 3. The number of phenols is 1. The zero-order valence-corrected chi connectivity index (χ0v) is 8.77. The minimum absolute atomic E-state index is 0.108. The molecule has 0 aliphatic heterocycles. The number of hydrogen-bond donors (Lipinski definition) is 1. The number of phenolic OH excluding ortho intramolecular Hbond substituents is 1. The van der Waals surface area contributed by atoms with Crippen LogP contribution >= 0.6 is 0 Å². The van der Waals surface area contributed by atoms with E-state index in [9.17, 15) is 9.90 Å². The average Bonchev–Trinajstić information content (AvgIpc) is 2.57. The first-order chi connectivity index (χ1) is 7.63. The first-order valence-corrected chi connectivity index (χ1v) is 4.84. The Bertz CT molecular complexity index is 605. The van der Waals surface area contributed by atoms with E-state index in [0.29, 0.717) is 5.52 Å². The Labute approximate surface area is 92.3 Å². The Kier molecular flexibility index (Phi) is 2.37. The molecule has 2 aromatic rings. The summed E-state index contributed by atoms with van der Waals surface area (Å²) in [6.45, 7) is 1.44. The molecule has 0 aliphatic rings. The van der Waals surface area contributed by atoms with Gasteiger partial charge < -0.3 is 5.11 Å². The van der Waals surface area contributed by atoms with E-state index in [2.05, 4.69) is 6.07 Å². The molecule has 80 valence electrons. The monoisotopic (exact) mass is 214 g/mol. The molecular weight excluding hydrogens is 204 g/mol. The highest BCUT2D eigenvalue weighted by Crippen LogP contribution is 2.25. The van der Waals surface area contributed by atoms with Crippen LogP contribution in [0.2, 0.25) is 0 Å². The molecule has 2 rings (SSSR count). The predicted molar refractivity (Wildman–Crippen MR) is 59.2 cm³/mol. The van der Waals surface area contributed by atoms with Gasteiger partial charge in [0.1, 0.15) is 5.75 Å². The van der Waals surface area contributed by atoms with E-state index in [4.69, 9.17) is 5.26 Å². The fourth-order valence-corrected chi connectivity index (χ4v) is 1.77. The Morgan fingerprint density at radius 2 is 2.31 bits per heavy atom. The summed E-state index contributed by atoms with van der Waals surface area (Å²) in [5, 5.41) is 18.9. The molecule has 1 heterocycles. The molecule has 0 radical (unpaired) electrons. The van der Waals surface area contributed by atoms with Crippen LogP contribution in [0.4, 0.5) is 0 Å². The molecule has 16 heavy (non-hydrogen) atoms. The van der Waals surface area contributed by atoms with Crippen molar-refractivity contribution in [1.82, 2.24) is 4.57 Å². The molecule has 0 unspecified atom stereocenters. The van der Waals surface area contributed by atoms with Gasteiger partial charge in [0.25, 0.3) is 0 Å². The zero-order chi connectivity index (χ0) is 11.7. The van der Waals surface area contributed by atoms with Gasteiger partial charge in [-0.3, -0.25) is 9.36 Å². The molecule has 0 amide bonds. The topological polar surface area (TPSA) is 66.0 Å². The lowest BCUT2D eigenvalue weighted by Gasteiger charge is -1.99. The highest BCUT2D eigenvalue weighted by Gasteiger charge is 2.11. The predicted octanol–water partition coefficient (Wildman–Crippen LogP) is 2.07. The molecule has 4 heteroatoms. The van der Waals surface area contributed by atoms with Crippen molar-refractivity contribution in [1.29, 1.82) is 5.26 Å². The van der Waals surface area contributed by atoms with Crippen molar-refractivity contribution in [2.75, 3.05) is 0 Å². The van der Waals surface area contributed by atoms with Gasteiger partial charge in [0.15, 0.2) is 0 Å². The molecule has 4 nitrogen and oxygen atoms in total. The SMILES string of the molecule is CC(=O)n1cc(CC#N)c2ccc(O)cc21. The molecule has 0 bridgehead atoms. The van der Waals surface area contributed by atoms with Gasteiger partial charge in [-0.25, -0.2) is 0 Å². The second-order valence-electron chi connectivity index (χ2n) is 3.58.